The van der Waals surface area contributed by atoms with Crippen molar-refractivity contribution in [2.75, 3.05) is 26.2 Å². The largest absolute Gasteiger partial charge is 0.508 e. The van der Waals surface area contributed by atoms with Gasteiger partial charge in [0.05, 0.1) is 0 Å². The summed E-state index contributed by atoms with van der Waals surface area (Å²) in [5.74, 6) is 0.354. The van der Waals surface area contributed by atoms with E-state index in [0.29, 0.717) is 11.8 Å². The Morgan fingerprint density at radius 1 is 1.50 bits per heavy atom. The molecule has 0 saturated carbocycles. The topological polar surface area (TPSA) is 35.5 Å². The predicted octanol–water partition coefficient (Wildman–Crippen LogP) is 1.75. The molecule has 3 heteroatoms. The van der Waals surface area contributed by atoms with Gasteiger partial charge in [0.1, 0.15) is 5.75 Å². The zero-order chi connectivity index (χ0) is 11.4. The van der Waals surface area contributed by atoms with Gasteiger partial charge in [-0.2, -0.15) is 0 Å². The number of hydrogen-bond acceptors (Lipinski definition) is 3. The molecule has 0 aliphatic carbocycles. The van der Waals surface area contributed by atoms with Crippen molar-refractivity contribution < 1.29 is 5.11 Å². The minimum Gasteiger partial charge on any atom is -0.508 e. The lowest BCUT2D eigenvalue weighted by atomic mass is 10.0. The molecular weight excluding hydrogens is 200 g/mol. The van der Waals surface area contributed by atoms with Crippen molar-refractivity contribution in [3.63, 3.8) is 0 Å². The molecule has 1 aliphatic rings. The van der Waals surface area contributed by atoms with Crippen LogP contribution in [0, 0.1) is 0 Å². The summed E-state index contributed by atoms with van der Waals surface area (Å²) in [6.45, 7) is 6.57. The van der Waals surface area contributed by atoms with Crippen LogP contribution < -0.4 is 5.32 Å². The quantitative estimate of drug-likeness (QED) is 0.814. The Labute approximate surface area is 97.1 Å². The average molecular weight is 220 g/mol. The molecular formula is C13H20N2O. The Morgan fingerprint density at radius 2 is 2.38 bits per heavy atom. The molecule has 1 fully saturated rings. The van der Waals surface area contributed by atoms with E-state index >= 15 is 0 Å². The van der Waals surface area contributed by atoms with Gasteiger partial charge in [-0.1, -0.05) is 19.1 Å². The summed E-state index contributed by atoms with van der Waals surface area (Å²) >= 11 is 0. The minimum atomic E-state index is 0.354. The molecule has 0 bridgehead atoms. The van der Waals surface area contributed by atoms with Gasteiger partial charge in [-0.05, 0) is 30.7 Å². The van der Waals surface area contributed by atoms with Crippen LogP contribution in [0.1, 0.15) is 24.9 Å². The van der Waals surface area contributed by atoms with Crippen molar-refractivity contribution in [2.45, 2.75) is 19.4 Å². The van der Waals surface area contributed by atoms with E-state index in [4.69, 9.17) is 0 Å². The molecule has 3 nitrogen and oxygen atoms in total. The standard InChI is InChI=1S/C13H20N2O/c1-2-7-15-8-6-14-13(10-15)11-4-3-5-12(16)9-11/h3-5,9,13-14,16H,2,6-8,10H2,1H3. The number of phenolic OH excluding ortho intramolecular Hbond substituents is 1. The minimum absolute atomic E-state index is 0.354. The lowest BCUT2D eigenvalue weighted by molar-refractivity contribution is 0.201. The smallest absolute Gasteiger partial charge is 0.115 e. The van der Waals surface area contributed by atoms with E-state index in [2.05, 4.69) is 23.2 Å². The number of rotatable bonds is 3. The van der Waals surface area contributed by atoms with Gasteiger partial charge in [-0.3, -0.25) is 0 Å². The highest BCUT2D eigenvalue weighted by Gasteiger charge is 2.19. The highest BCUT2D eigenvalue weighted by atomic mass is 16.3. The number of piperazine rings is 1. The second kappa shape index (κ2) is 5.32. The number of nitrogens with one attached hydrogen (secondary N) is 1. The van der Waals surface area contributed by atoms with Gasteiger partial charge in [-0.25, -0.2) is 0 Å². The molecule has 16 heavy (non-hydrogen) atoms. The van der Waals surface area contributed by atoms with Crippen LogP contribution in [0.25, 0.3) is 0 Å². The maximum Gasteiger partial charge on any atom is 0.115 e. The van der Waals surface area contributed by atoms with Crippen molar-refractivity contribution in [1.29, 1.82) is 0 Å². The summed E-state index contributed by atoms with van der Waals surface area (Å²) in [5, 5.41) is 13.0. The molecule has 0 spiro atoms. The fourth-order valence-corrected chi connectivity index (χ4v) is 2.30. The Kier molecular flexibility index (Phi) is 3.80. The Morgan fingerprint density at radius 3 is 3.12 bits per heavy atom. The van der Waals surface area contributed by atoms with E-state index in [9.17, 15) is 5.11 Å². The molecule has 2 N–H and O–H groups in total. The van der Waals surface area contributed by atoms with Crippen LogP contribution in [-0.2, 0) is 0 Å². The summed E-state index contributed by atoms with van der Waals surface area (Å²) in [4.78, 5) is 2.48. The second-order valence-electron chi connectivity index (χ2n) is 4.40. The number of hydrogen-bond donors (Lipinski definition) is 2. The van der Waals surface area contributed by atoms with Crippen molar-refractivity contribution in [3.8, 4) is 5.75 Å². The van der Waals surface area contributed by atoms with Crippen LogP contribution in [0.3, 0.4) is 0 Å². The first-order valence-corrected chi connectivity index (χ1v) is 6.04. The lowest BCUT2D eigenvalue weighted by Gasteiger charge is -2.33. The number of nitrogens with zero attached hydrogens (tertiary/aromatic N) is 1. The van der Waals surface area contributed by atoms with Gasteiger partial charge in [-0.15, -0.1) is 0 Å². The van der Waals surface area contributed by atoms with E-state index in [1.165, 1.54) is 12.0 Å². The van der Waals surface area contributed by atoms with E-state index in [0.717, 1.165) is 26.2 Å². The summed E-state index contributed by atoms with van der Waals surface area (Å²) in [5.41, 5.74) is 1.18. The molecule has 1 heterocycles. The molecule has 88 valence electrons. The monoisotopic (exact) mass is 220 g/mol. The Bertz CT molecular complexity index is 338. The fraction of sp³-hybridized carbons (Fsp3) is 0.538. The van der Waals surface area contributed by atoms with Gasteiger partial charge < -0.3 is 15.3 Å². The van der Waals surface area contributed by atoms with E-state index in [1.54, 1.807) is 6.07 Å². The predicted molar refractivity (Wildman–Crippen MR) is 65.6 cm³/mol. The highest BCUT2D eigenvalue weighted by Crippen LogP contribution is 2.20. The summed E-state index contributed by atoms with van der Waals surface area (Å²) in [7, 11) is 0. The molecule has 0 radical (unpaired) electrons. The summed E-state index contributed by atoms with van der Waals surface area (Å²) < 4.78 is 0. The first-order chi connectivity index (χ1) is 7.79. The zero-order valence-corrected chi connectivity index (χ0v) is 9.82. The third-order valence-electron chi connectivity index (χ3n) is 3.07. The third-order valence-corrected chi connectivity index (χ3v) is 3.07. The maximum atomic E-state index is 9.47. The second-order valence-corrected chi connectivity index (χ2v) is 4.40. The maximum absolute atomic E-state index is 9.47. The third kappa shape index (κ3) is 2.74. The van der Waals surface area contributed by atoms with Crippen molar-refractivity contribution in [3.05, 3.63) is 29.8 Å². The summed E-state index contributed by atoms with van der Waals surface area (Å²) in [6, 6.07) is 7.91. The van der Waals surface area contributed by atoms with Gasteiger partial charge >= 0.3 is 0 Å². The van der Waals surface area contributed by atoms with Crippen molar-refractivity contribution in [2.24, 2.45) is 0 Å². The Balaban J connectivity index is 2.03. The fourth-order valence-electron chi connectivity index (χ4n) is 2.30. The molecule has 2 rings (SSSR count). The van der Waals surface area contributed by atoms with E-state index in [1.807, 2.05) is 12.1 Å². The molecule has 1 aromatic rings. The van der Waals surface area contributed by atoms with Crippen molar-refractivity contribution >= 4 is 0 Å². The molecule has 0 amide bonds. The molecule has 1 aliphatic heterocycles. The SMILES string of the molecule is CCCN1CCNC(c2cccc(O)c2)C1. The summed E-state index contributed by atoms with van der Waals surface area (Å²) in [6.07, 6.45) is 1.20. The number of aromatic hydroxyl groups is 1. The molecule has 1 aromatic carbocycles. The van der Waals surface area contributed by atoms with Crippen molar-refractivity contribution in [1.82, 2.24) is 10.2 Å². The van der Waals surface area contributed by atoms with Gasteiger partial charge in [0.25, 0.3) is 0 Å². The average Bonchev–Trinajstić information content (AvgIpc) is 2.30. The Hall–Kier alpha value is -1.06. The molecule has 1 unspecified atom stereocenters. The molecule has 1 atom stereocenters. The van der Waals surface area contributed by atoms with Crippen LogP contribution in [-0.4, -0.2) is 36.2 Å². The first kappa shape index (κ1) is 11.4. The van der Waals surface area contributed by atoms with E-state index < -0.39 is 0 Å². The molecule has 0 aromatic heterocycles. The van der Waals surface area contributed by atoms with Gasteiger partial charge in [0, 0.05) is 25.7 Å². The zero-order valence-electron chi connectivity index (χ0n) is 9.82. The van der Waals surface area contributed by atoms with Gasteiger partial charge in [0.15, 0.2) is 0 Å². The van der Waals surface area contributed by atoms with Crippen LogP contribution in [0.4, 0.5) is 0 Å². The number of phenols is 1. The first-order valence-electron chi connectivity index (χ1n) is 6.04. The lowest BCUT2D eigenvalue weighted by Crippen LogP contribution is -2.45. The van der Waals surface area contributed by atoms with Gasteiger partial charge in [0.2, 0.25) is 0 Å². The normalized spacial score (nSPS) is 22.2. The highest BCUT2D eigenvalue weighted by molar-refractivity contribution is 5.29. The number of benzene rings is 1. The van der Waals surface area contributed by atoms with Crippen LogP contribution >= 0.6 is 0 Å². The van der Waals surface area contributed by atoms with Crippen LogP contribution in [0.5, 0.6) is 5.75 Å². The van der Waals surface area contributed by atoms with Crippen LogP contribution in [0.15, 0.2) is 24.3 Å². The molecule has 1 saturated heterocycles. The van der Waals surface area contributed by atoms with Crippen LogP contribution in [0.2, 0.25) is 0 Å². The van der Waals surface area contributed by atoms with E-state index in [-0.39, 0.29) is 0 Å².